The zero-order chi connectivity index (χ0) is 32.7. The maximum atomic E-state index is 14.9. The number of anilines is 2. The molecule has 0 bridgehead atoms. The minimum Gasteiger partial charge on any atom is -0.494 e. The van der Waals surface area contributed by atoms with Crippen LogP contribution in [0.5, 0.6) is 5.75 Å². The molecule has 1 unspecified atom stereocenters. The van der Waals surface area contributed by atoms with Crippen molar-refractivity contribution in [3.63, 3.8) is 0 Å². The van der Waals surface area contributed by atoms with Crippen molar-refractivity contribution in [3.05, 3.63) is 114 Å². The standard InChI is InChI=1S/C37H36ClN3O6/c1-2-46-29-17-15-27(16-18-29)39-20-6-10-30-31(34(39)43)32-35(44)41(28(23-42)22-24-8-4-3-5-9-24)33-36(45)40(21-7-19-37(32,33)47-30)26-13-11-25(38)12-14-26/h3-19,28,30-33,42H,2,20-23H2,1H3/t28-,30+,31-,32+,33?,37+/m1/s1. The maximum absolute atomic E-state index is 14.9. The summed E-state index contributed by atoms with van der Waals surface area (Å²) in [6.07, 6.45) is 6.96. The molecule has 3 aromatic rings. The summed E-state index contributed by atoms with van der Waals surface area (Å²) in [6, 6.07) is 21.9. The summed E-state index contributed by atoms with van der Waals surface area (Å²) in [7, 11) is 0. The number of aliphatic hydroxyl groups excluding tert-OH is 1. The van der Waals surface area contributed by atoms with E-state index in [2.05, 4.69) is 0 Å². The topological polar surface area (TPSA) is 99.6 Å². The molecule has 10 heteroatoms. The van der Waals surface area contributed by atoms with E-state index >= 15 is 0 Å². The number of likely N-dealkylation sites (tertiary alicyclic amines) is 1. The molecule has 242 valence electrons. The number of carbonyl (C=O) groups excluding carboxylic acids is 3. The second kappa shape index (κ2) is 12.6. The summed E-state index contributed by atoms with van der Waals surface area (Å²) >= 11 is 6.17. The van der Waals surface area contributed by atoms with Crippen molar-refractivity contribution in [3.8, 4) is 5.75 Å². The van der Waals surface area contributed by atoms with E-state index in [1.54, 1.807) is 34.1 Å². The highest BCUT2D eigenvalue weighted by Crippen LogP contribution is 2.54. The van der Waals surface area contributed by atoms with Gasteiger partial charge in [0.15, 0.2) is 0 Å². The molecule has 47 heavy (non-hydrogen) atoms. The molecular weight excluding hydrogens is 618 g/mol. The molecule has 0 aliphatic carbocycles. The Labute approximate surface area is 278 Å². The molecule has 0 aromatic heterocycles. The van der Waals surface area contributed by atoms with E-state index in [-0.39, 0.29) is 30.9 Å². The van der Waals surface area contributed by atoms with Crippen molar-refractivity contribution in [2.45, 2.75) is 37.1 Å². The van der Waals surface area contributed by atoms with E-state index in [1.165, 1.54) is 4.90 Å². The van der Waals surface area contributed by atoms with E-state index in [0.29, 0.717) is 41.7 Å². The van der Waals surface area contributed by atoms with E-state index in [0.717, 1.165) is 5.56 Å². The van der Waals surface area contributed by atoms with Gasteiger partial charge in [-0.2, -0.15) is 0 Å². The van der Waals surface area contributed by atoms with Crippen LogP contribution in [0.15, 0.2) is 103 Å². The predicted molar refractivity (Wildman–Crippen MR) is 178 cm³/mol. The number of ether oxygens (including phenoxy) is 2. The van der Waals surface area contributed by atoms with E-state index in [4.69, 9.17) is 21.1 Å². The van der Waals surface area contributed by atoms with Gasteiger partial charge in [0.05, 0.1) is 37.2 Å². The van der Waals surface area contributed by atoms with E-state index in [1.807, 2.05) is 85.8 Å². The van der Waals surface area contributed by atoms with Crippen molar-refractivity contribution in [2.75, 3.05) is 36.1 Å². The average molecular weight is 654 g/mol. The molecule has 1 spiro atoms. The van der Waals surface area contributed by atoms with Gasteiger partial charge in [-0.05, 0) is 67.4 Å². The lowest BCUT2D eigenvalue weighted by atomic mass is 9.77. The Morgan fingerprint density at radius 2 is 1.55 bits per heavy atom. The molecule has 3 aromatic carbocycles. The molecule has 9 nitrogen and oxygen atoms in total. The second-order valence-corrected chi connectivity index (χ2v) is 12.7. The van der Waals surface area contributed by atoms with Crippen LogP contribution in [0.3, 0.4) is 0 Å². The summed E-state index contributed by atoms with van der Waals surface area (Å²) in [5.74, 6) is -2.19. The third-order valence-electron chi connectivity index (χ3n) is 9.61. The molecule has 3 amide bonds. The fourth-order valence-electron chi connectivity index (χ4n) is 7.58. The highest BCUT2D eigenvalue weighted by Gasteiger charge is 2.72. The van der Waals surface area contributed by atoms with Gasteiger partial charge in [-0.3, -0.25) is 14.4 Å². The van der Waals surface area contributed by atoms with E-state index in [9.17, 15) is 19.5 Å². The molecule has 1 N–H and O–H groups in total. The van der Waals surface area contributed by atoms with Crippen LogP contribution in [-0.4, -0.2) is 77.8 Å². The third-order valence-corrected chi connectivity index (χ3v) is 9.86. The quantitative estimate of drug-likeness (QED) is 0.361. The van der Waals surface area contributed by atoms with Crippen molar-refractivity contribution >= 4 is 40.7 Å². The van der Waals surface area contributed by atoms with Gasteiger partial charge in [-0.15, -0.1) is 0 Å². The first kappa shape index (κ1) is 31.2. The molecule has 4 aliphatic rings. The van der Waals surface area contributed by atoms with Crippen molar-refractivity contribution < 1.29 is 29.0 Å². The number of benzene rings is 3. The largest absolute Gasteiger partial charge is 0.494 e. The van der Waals surface area contributed by atoms with Gasteiger partial charge in [-0.1, -0.05) is 66.2 Å². The summed E-state index contributed by atoms with van der Waals surface area (Å²) < 4.78 is 12.4. The Hall–Kier alpha value is -4.44. The molecule has 4 heterocycles. The molecule has 0 saturated carbocycles. The van der Waals surface area contributed by atoms with Crippen LogP contribution in [0.1, 0.15) is 12.5 Å². The number of hydrogen-bond acceptors (Lipinski definition) is 6. The monoisotopic (exact) mass is 653 g/mol. The van der Waals surface area contributed by atoms with Crippen molar-refractivity contribution in [1.29, 1.82) is 0 Å². The van der Waals surface area contributed by atoms with Gasteiger partial charge in [0.2, 0.25) is 11.8 Å². The van der Waals surface area contributed by atoms with Crippen LogP contribution in [0.4, 0.5) is 11.4 Å². The Kier molecular flexibility index (Phi) is 8.38. The lowest BCUT2D eigenvalue weighted by Gasteiger charge is -2.38. The first-order valence-electron chi connectivity index (χ1n) is 16.0. The van der Waals surface area contributed by atoms with Crippen molar-refractivity contribution in [1.82, 2.24) is 4.90 Å². The smallest absolute Gasteiger partial charge is 0.253 e. The first-order chi connectivity index (χ1) is 22.9. The Morgan fingerprint density at radius 3 is 2.23 bits per heavy atom. The Balaban J connectivity index is 1.31. The van der Waals surface area contributed by atoms with Crippen LogP contribution in [0.25, 0.3) is 0 Å². The molecule has 6 atom stereocenters. The summed E-state index contributed by atoms with van der Waals surface area (Å²) in [5, 5.41) is 11.3. The van der Waals surface area contributed by atoms with Gasteiger partial charge < -0.3 is 29.3 Å². The van der Waals surface area contributed by atoms with Crippen molar-refractivity contribution in [2.24, 2.45) is 11.8 Å². The third kappa shape index (κ3) is 5.32. The highest BCUT2D eigenvalue weighted by molar-refractivity contribution is 6.30. The van der Waals surface area contributed by atoms with Gasteiger partial charge in [0.25, 0.3) is 5.91 Å². The number of halogens is 1. The first-order valence-corrected chi connectivity index (χ1v) is 16.3. The number of amides is 3. The lowest BCUT2D eigenvalue weighted by Crippen LogP contribution is -2.58. The second-order valence-electron chi connectivity index (χ2n) is 12.2. The lowest BCUT2D eigenvalue weighted by molar-refractivity contribution is -0.144. The SMILES string of the molecule is CCOc1ccc(N2CC=C[C@@H]3O[C@]45C=CCN(c6ccc(Cl)cc6)C(=O)C4N([C@@H](CO)Cc4ccccc4)C(=O)[C@@H]5[C@@H]3C2=O)cc1. The number of carbonyl (C=O) groups is 3. The van der Waals surface area contributed by atoms with Gasteiger partial charge in [-0.25, -0.2) is 0 Å². The van der Waals surface area contributed by atoms with Crippen LogP contribution in [-0.2, 0) is 25.5 Å². The summed E-state index contributed by atoms with van der Waals surface area (Å²) in [4.78, 5) is 48.9. The van der Waals surface area contributed by atoms with Gasteiger partial charge in [0, 0.05) is 29.5 Å². The zero-order valence-corrected chi connectivity index (χ0v) is 26.7. The fraction of sp³-hybridized carbons (Fsp3) is 0.324. The maximum Gasteiger partial charge on any atom is 0.253 e. The van der Waals surface area contributed by atoms with Gasteiger partial charge in [0.1, 0.15) is 17.4 Å². The summed E-state index contributed by atoms with van der Waals surface area (Å²) in [6.45, 7) is 2.59. The number of hydrogen-bond donors (Lipinski definition) is 1. The molecule has 2 saturated heterocycles. The minimum absolute atomic E-state index is 0.233. The molecule has 7 rings (SSSR count). The molecule has 0 radical (unpaired) electrons. The number of fused-ring (bicyclic) bond motifs is 2. The summed E-state index contributed by atoms with van der Waals surface area (Å²) in [5.41, 5.74) is 0.759. The molecule has 4 aliphatic heterocycles. The van der Waals surface area contributed by atoms with Gasteiger partial charge >= 0.3 is 0 Å². The van der Waals surface area contributed by atoms with Crippen LogP contribution >= 0.6 is 11.6 Å². The van der Waals surface area contributed by atoms with Crippen LogP contribution in [0, 0.1) is 11.8 Å². The van der Waals surface area contributed by atoms with Crippen LogP contribution in [0.2, 0.25) is 5.02 Å². The Morgan fingerprint density at radius 1 is 0.894 bits per heavy atom. The fourth-order valence-corrected chi connectivity index (χ4v) is 7.71. The number of aliphatic hydroxyl groups is 1. The predicted octanol–water partition coefficient (Wildman–Crippen LogP) is 4.43. The van der Waals surface area contributed by atoms with Crippen LogP contribution < -0.4 is 14.5 Å². The number of rotatable bonds is 8. The average Bonchev–Trinajstić information content (AvgIpc) is 3.40. The normalized spacial score (nSPS) is 27.3. The minimum atomic E-state index is -1.43. The number of nitrogens with zero attached hydrogens (tertiary/aromatic N) is 3. The molecule has 2 fully saturated rings. The highest BCUT2D eigenvalue weighted by atomic mass is 35.5. The molecular formula is C37H36ClN3O6. The van der Waals surface area contributed by atoms with E-state index < -0.39 is 35.6 Å². The Bertz CT molecular complexity index is 1710. The zero-order valence-electron chi connectivity index (χ0n) is 25.9.